The summed E-state index contributed by atoms with van der Waals surface area (Å²) in [6.07, 6.45) is 0. The summed E-state index contributed by atoms with van der Waals surface area (Å²) in [6, 6.07) is 4.81. The van der Waals surface area contributed by atoms with Crippen LogP contribution in [-0.4, -0.2) is 25.3 Å². The third kappa shape index (κ3) is 2.32. The summed E-state index contributed by atoms with van der Waals surface area (Å²) >= 11 is 5.95. The predicted octanol–water partition coefficient (Wildman–Crippen LogP) is 3.14. The molecular weight excluding hydrogens is 284 g/mol. The molecule has 2 aromatic carbocycles. The lowest BCUT2D eigenvalue weighted by atomic mass is 10.1. The van der Waals surface area contributed by atoms with Gasteiger partial charge in [-0.25, -0.2) is 0 Å². The largest absolute Gasteiger partial charge is 0.504 e. The van der Waals surface area contributed by atoms with Crippen molar-refractivity contribution in [3.63, 3.8) is 0 Å². The zero-order valence-corrected chi connectivity index (χ0v) is 11.9. The fourth-order valence-electron chi connectivity index (χ4n) is 1.99. The van der Waals surface area contributed by atoms with Gasteiger partial charge in [-0.15, -0.1) is 0 Å². The zero-order chi connectivity index (χ0) is 14.9. The molecule has 6 heteroatoms. The second-order valence-electron chi connectivity index (χ2n) is 4.03. The van der Waals surface area contributed by atoms with E-state index in [0.717, 1.165) is 0 Å². The van der Waals surface area contributed by atoms with Crippen molar-refractivity contribution in [1.82, 2.24) is 0 Å². The minimum absolute atomic E-state index is 0.0959. The standard InChI is InChI=1S/C14H13ClO5/c1-7(16)20-12-10-6-8(15)4-5-9(10)11(17)13(18-2)14(12)19-3/h4-6,17H,1-3H3. The number of esters is 1. The van der Waals surface area contributed by atoms with E-state index in [-0.39, 0.29) is 23.0 Å². The van der Waals surface area contributed by atoms with Gasteiger partial charge in [-0.05, 0) is 18.2 Å². The van der Waals surface area contributed by atoms with Crippen LogP contribution in [0.3, 0.4) is 0 Å². The molecule has 0 spiro atoms. The van der Waals surface area contributed by atoms with Crippen LogP contribution in [0.5, 0.6) is 23.0 Å². The maximum absolute atomic E-state index is 11.3. The van der Waals surface area contributed by atoms with Crippen LogP contribution in [0.1, 0.15) is 6.92 Å². The van der Waals surface area contributed by atoms with E-state index in [1.807, 2.05) is 0 Å². The monoisotopic (exact) mass is 296 g/mol. The highest BCUT2D eigenvalue weighted by atomic mass is 35.5. The number of methoxy groups -OCH3 is 2. The lowest BCUT2D eigenvalue weighted by Crippen LogP contribution is -2.05. The molecule has 0 bridgehead atoms. The number of phenols is 1. The third-order valence-corrected chi connectivity index (χ3v) is 3.00. The van der Waals surface area contributed by atoms with Crippen LogP contribution in [-0.2, 0) is 4.79 Å². The van der Waals surface area contributed by atoms with Crippen LogP contribution in [0.4, 0.5) is 0 Å². The molecule has 0 atom stereocenters. The molecule has 0 heterocycles. The first-order valence-electron chi connectivity index (χ1n) is 5.74. The number of fused-ring (bicyclic) bond motifs is 1. The summed E-state index contributed by atoms with van der Waals surface area (Å²) in [4.78, 5) is 11.3. The highest BCUT2D eigenvalue weighted by Gasteiger charge is 2.23. The molecule has 0 aromatic heterocycles. The summed E-state index contributed by atoms with van der Waals surface area (Å²) in [5.74, 6) is -0.232. The van der Waals surface area contributed by atoms with E-state index in [9.17, 15) is 9.90 Å². The van der Waals surface area contributed by atoms with Gasteiger partial charge < -0.3 is 19.3 Å². The normalized spacial score (nSPS) is 10.4. The van der Waals surface area contributed by atoms with Crippen molar-refractivity contribution in [1.29, 1.82) is 0 Å². The highest BCUT2D eigenvalue weighted by Crippen LogP contribution is 2.50. The molecule has 106 valence electrons. The molecule has 2 aromatic rings. The van der Waals surface area contributed by atoms with E-state index >= 15 is 0 Å². The first-order valence-corrected chi connectivity index (χ1v) is 6.12. The molecule has 0 saturated carbocycles. The number of ether oxygens (including phenoxy) is 3. The number of carbonyl (C=O) groups is 1. The lowest BCUT2D eigenvalue weighted by Gasteiger charge is -2.16. The van der Waals surface area contributed by atoms with Crippen LogP contribution >= 0.6 is 11.6 Å². The Balaban J connectivity index is 2.91. The minimum Gasteiger partial charge on any atom is -0.504 e. The molecule has 0 aliphatic rings. The van der Waals surface area contributed by atoms with Gasteiger partial charge in [0, 0.05) is 22.7 Å². The Labute approximate surface area is 120 Å². The van der Waals surface area contributed by atoms with Crippen LogP contribution in [0.15, 0.2) is 18.2 Å². The quantitative estimate of drug-likeness (QED) is 0.696. The van der Waals surface area contributed by atoms with Crippen molar-refractivity contribution in [2.75, 3.05) is 14.2 Å². The summed E-state index contributed by atoms with van der Waals surface area (Å²) in [5.41, 5.74) is 0. The second-order valence-corrected chi connectivity index (χ2v) is 4.46. The van der Waals surface area contributed by atoms with Crippen molar-refractivity contribution >= 4 is 28.3 Å². The topological polar surface area (TPSA) is 65.0 Å². The maximum atomic E-state index is 11.3. The molecule has 0 fully saturated rings. The van der Waals surface area contributed by atoms with Crippen molar-refractivity contribution < 1.29 is 24.1 Å². The molecule has 0 saturated heterocycles. The third-order valence-electron chi connectivity index (χ3n) is 2.76. The molecule has 5 nitrogen and oxygen atoms in total. The summed E-state index contributed by atoms with van der Waals surface area (Å²) in [5, 5.41) is 11.6. The van der Waals surface area contributed by atoms with Gasteiger partial charge in [0.25, 0.3) is 0 Å². The van der Waals surface area contributed by atoms with E-state index in [0.29, 0.717) is 15.8 Å². The van der Waals surface area contributed by atoms with Gasteiger partial charge >= 0.3 is 5.97 Å². The summed E-state index contributed by atoms with van der Waals surface area (Å²) in [7, 11) is 2.78. The molecule has 0 radical (unpaired) electrons. The van der Waals surface area contributed by atoms with Gasteiger partial charge in [0.2, 0.25) is 11.5 Å². The van der Waals surface area contributed by atoms with Crippen LogP contribution < -0.4 is 14.2 Å². The van der Waals surface area contributed by atoms with Crippen molar-refractivity contribution in [2.24, 2.45) is 0 Å². The number of carbonyl (C=O) groups excluding carboxylic acids is 1. The maximum Gasteiger partial charge on any atom is 0.308 e. The van der Waals surface area contributed by atoms with E-state index in [4.69, 9.17) is 25.8 Å². The lowest BCUT2D eigenvalue weighted by molar-refractivity contribution is -0.131. The predicted molar refractivity (Wildman–Crippen MR) is 75.0 cm³/mol. The van der Waals surface area contributed by atoms with Gasteiger partial charge in [0.15, 0.2) is 11.5 Å². The summed E-state index contributed by atoms with van der Waals surface area (Å²) in [6.45, 7) is 1.27. The van der Waals surface area contributed by atoms with Crippen molar-refractivity contribution in [3.8, 4) is 23.0 Å². The van der Waals surface area contributed by atoms with E-state index in [1.165, 1.54) is 21.1 Å². The number of hydrogen-bond donors (Lipinski definition) is 1. The Bertz CT molecular complexity index is 681. The molecule has 0 unspecified atom stereocenters. The number of benzene rings is 2. The minimum atomic E-state index is -0.516. The van der Waals surface area contributed by atoms with Crippen LogP contribution in [0, 0.1) is 0 Å². The van der Waals surface area contributed by atoms with E-state index in [1.54, 1.807) is 18.2 Å². The molecule has 0 aliphatic carbocycles. The van der Waals surface area contributed by atoms with Crippen LogP contribution in [0.2, 0.25) is 5.02 Å². The van der Waals surface area contributed by atoms with Gasteiger partial charge in [0.1, 0.15) is 0 Å². The zero-order valence-electron chi connectivity index (χ0n) is 11.2. The Morgan fingerprint density at radius 1 is 1.10 bits per heavy atom. The van der Waals surface area contributed by atoms with Crippen molar-refractivity contribution in [3.05, 3.63) is 23.2 Å². The summed E-state index contributed by atoms with van der Waals surface area (Å²) < 4.78 is 15.5. The van der Waals surface area contributed by atoms with Gasteiger partial charge in [-0.1, -0.05) is 11.6 Å². The smallest absolute Gasteiger partial charge is 0.308 e. The molecule has 1 N–H and O–H groups in total. The fourth-order valence-corrected chi connectivity index (χ4v) is 2.16. The molecule has 2 rings (SSSR count). The number of rotatable bonds is 3. The number of phenolic OH excluding ortho intramolecular Hbond substituents is 1. The Morgan fingerprint density at radius 3 is 2.30 bits per heavy atom. The van der Waals surface area contributed by atoms with Crippen LogP contribution in [0.25, 0.3) is 10.8 Å². The highest BCUT2D eigenvalue weighted by molar-refractivity contribution is 6.31. The van der Waals surface area contributed by atoms with Gasteiger partial charge in [-0.3, -0.25) is 4.79 Å². The van der Waals surface area contributed by atoms with E-state index in [2.05, 4.69) is 0 Å². The average molecular weight is 297 g/mol. The fraction of sp³-hybridized carbons (Fsp3) is 0.214. The second kappa shape index (κ2) is 5.46. The SMILES string of the molecule is COc1c(OC)c(OC(C)=O)c2cc(Cl)ccc2c1O. The van der Waals surface area contributed by atoms with E-state index < -0.39 is 5.97 Å². The first kappa shape index (κ1) is 14.3. The first-order chi connectivity index (χ1) is 9.49. The Kier molecular flexibility index (Phi) is 3.90. The molecule has 0 aliphatic heterocycles. The molecule has 0 amide bonds. The Hall–Kier alpha value is -2.14. The number of hydrogen-bond acceptors (Lipinski definition) is 5. The number of halogens is 1. The number of aromatic hydroxyl groups is 1. The molecule has 20 heavy (non-hydrogen) atoms. The Morgan fingerprint density at radius 2 is 1.75 bits per heavy atom. The van der Waals surface area contributed by atoms with Gasteiger partial charge in [0.05, 0.1) is 14.2 Å². The van der Waals surface area contributed by atoms with Crippen molar-refractivity contribution in [2.45, 2.75) is 6.92 Å². The molecular formula is C14H13ClO5. The average Bonchev–Trinajstić information content (AvgIpc) is 2.40. The van der Waals surface area contributed by atoms with Gasteiger partial charge in [-0.2, -0.15) is 0 Å².